The Balaban J connectivity index is 1.77. The van der Waals surface area contributed by atoms with Crippen LogP contribution in [0.4, 0.5) is 0 Å². The van der Waals surface area contributed by atoms with E-state index >= 15 is 0 Å². The summed E-state index contributed by atoms with van der Waals surface area (Å²) in [5.41, 5.74) is 1.49. The summed E-state index contributed by atoms with van der Waals surface area (Å²) >= 11 is 0. The smallest absolute Gasteiger partial charge is 0.181 e. The van der Waals surface area contributed by atoms with E-state index in [0.717, 1.165) is 11.4 Å². The summed E-state index contributed by atoms with van der Waals surface area (Å²) in [6.45, 7) is 0. The van der Waals surface area contributed by atoms with Gasteiger partial charge in [-0.15, -0.1) is 0 Å². The van der Waals surface area contributed by atoms with Gasteiger partial charge in [0.15, 0.2) is 5.78 Å². The minimum atomic E-state index is 0.0581. The molecule has 0 aliphatic rings. The topological polar surface area (TPSA) is 48.0 Å². The maximum atomic E-state index is 12.3. The maximum Gasteiger partial charge on any atom is 0.181 e. The maximum absolute atomic E-state index is 12.3. The molecule has 0 radical (unpaired) electrons. The number of ketones is 1. The molecular weight excluding hydrogens is 252 g/mol. The van der Waals surface area contributed by atoms with Gasteiger partial charge in [0.05, 0.1) is 18.1 Å². The second-order valence-electron chi connectivity index (χ2n) is 4.47. The van der Waals surface area contributed by atoms with Crippen LogP contribution in [-0.2, 0) is 6.42 Å². The normalized spacial score (nSPS) is 10.6. The van der Waals surface area contributed by atoms with Crippen LogP contribution in [0.15, 0.2) is 65.4 Å². The van der Waals surface area contributed by atoms with E-state index in [4.69, 9.17) is 4.42 Å². The molecular formula is C16H14N2O2. The average molecular weight is 266 g/mol. The zero-order valence-corrected chi connectivity index (χ0v) is 10.9. The van der Waals surface area contributed by atoms with Gasteiger partial charge < -0.3 is 4.42 Å². The predicted molar refractivity (Wildman–Crippen MR) is 74.9 cm³/mol. The van der Waals surface area contributed by atoms with Crippen molar-refractivity contribution in [3.05, 3.63) is 72.4 Å². The van der Waals surface area contributed by atoms with Gasteiger partial charge in [-0.3, -0.25) is 4.79 Å². The number of rotatable bonds is 5. The Hall–Kier alpha value is -2.62. The first-order valence-corrected chi connectivity index (χ1v) is 6.49. The minimum absolute atomic E-state index is 0.0581. The number of para-hydroxylation sites is 1. The number of hydrogen-bond acceptors (Lipinski definition) is 3. The molecule has 0 amide bonds. The fourth-order valence-electron chi connectivity index (χ4n) is 2.11. The van der Waals surface area contributed by atoms with Gasteiger partial charge in [0.25, 0.3) is 0 Å². The van der Waals surface area contributed by atoms with Gasteiger partial charge in [-0.2, -0.15) is 5.10 Å². The third kappa shape index (κ3) is 2.54. The van der Waals surface area contributed by atoms with Gasteiger partial charge in [0, 0.05) is 12.8 Å². The molecule has 4 heteroatoms. The fraction of sp³-hybridized carbons (Fsp3) is 0.125. The van der Waals surface area contributed by atoms with E-state index in [1.54, 1.807) is 23.2 Å². The number of carbonyl (C=O) groups excluding carboxylic acids is 1. The van der Waals surface area contributed by atoms with E-state index in [2.05, 4.69) is 5.10 Å². The zero-order valence-electron chi connectivity index (χ0n) is 10.9. The van der Waals surface area contributed by atoms with Crippen molar-refractivity contribution in [2.24, 2.45) is 0 Å². The molecule has 1 aromatic carbocycles. The molecule has 0 fully saturated rings. The number of nitrogens with zero attached hydrogens (tertiary/aromatic N) is 2. The number of Topliss-reactive ketones (excluding diaryl/α,β-unsaturated/α-hetero) is 1. The second-order valence-corrected chi connectivity index (χ2v) is 4.47. The van der Waals surface area contributed by atoms with Crippen molar-refractivity contribution < 1.29 is 9.21 Å². The van der Waals surface area contributed by atoms with Crippen molar-refractivity contribution in [2.75, 3.05) is 0 Å². The summed E-state index contributed by atoms with van der Waals surface area (Å²) in [5.74, 6) is 0.881. The van der Waals surface area contributed by atoms with Crippen LogP contribution < -0.4 is 0 Å². The Morgan fingerprint density at radius 2 is 1.95 bits per heavy atom. The molecule has 20 heavy (non-hydrogen) atoms. The summed E-state index contributed by atoms with van der Waals surface area (Å²) in [4.78, 5) is 12.3. The second kappa shape index (κ2) is 5.57. The van der Waals surface area contributed by atoms with Gasteiger partial charge in [-0.25, -0.2) is 4.68 Å². The molecule has 100 valence electrons. The first kappa shape index (κ1) is 12.4. The first-order chi connectivity index (χ1) is 9.84. The summed E-state index contributed by atoms with van der Waals surface area (Å²) < 4.78 is 6.91. The van der Waals surface area contributed by atoms with Gasteiger partial charge in [-0.1, -0.05) is 18.2 Å². The van der Waals surface area contributed by atoms with Crippen LogP contribution in [0.3, 0.4) is 0 Å². The van der Waals surface area contributed by atoms with Gasteiger partial charge in [-0.05, 0) is 30.3 Å². The van der Waals surface area contributed by atoms with Gasteiger partial charge in [0.1, 0.15) is 11.5 Å². The zero-order chi connectivity index (χ0) is 13.8. The van der Waals surface area contributed by atoms with Crippen molar-refractivity contribution in [3.63, 3.8) is 0 Å². The van der Waals surface area contributed by atoms with Crippen molar-refractivity contribution in [1.29, 1.82) is 0 Å². The minimum Gasteiger partial charge on any atom is -0.469 e. The molecule has 4 nitrogen and oxygen atoms in total. The van der Waals surface area contributed by atoms with Crippen molar-refractivity contribution >= 4 is 5.78 Å². The van der Waals surface area contributed by atoms with Crippen molar-refractivity contribution in [2.45, 2.75) is 12.8 Å². The van der Waals surface area contributed by atoms with E-state index in [1.807, 2.05) is 42.5 Å². The monoisotopic (exact) mass is 266 g/mol. The number of aryl methyl sites for hydroxylation is 1. The first-order valence-electron chi connectivity index (χ1n) is 6.49. The number of carbonyl (C=O) groups is 1. The predicted octanol–water partition coefficient (Wildman–Crippen LogP) is 3.28. The summed E-state index contributed by atoms with van der Waals surface area (Å²) in [7, 11) is 0. The highest BCUT2D eigenvalue weighted by atomic mass is 16.3. The largest absolute Gasteiger partial charge is 0.469 e. The average Bonchev–Trinajstić information content (AvgIpc) is 3.17. The third-order valence-corrected chi connectivity index (χ3v) is 3.11. The molecule has 0 atom stereocenters. The van der Waals surface area contributed by atoms with Gasteiger partial charge in [0.2, 0.25) is 0 Å². The van der Waals surface area contributed by atoms with E-state index < -0.39 is 0 Å². The Morgan fingerprint density at radius 1 is 1.10 bits per heavy atom. The fourth-order valence-corrected chi connectivity index (χ4v) is 2.11. The van der Waals surface area contributed by atoms with Crippen LogP contribution in [-0.4, -0.2) is 15.6 Å². The lowest BCUT2D eigenvalue weighted by Crippen LogP contribution is -2.09. The molecule has 0 aliphatic heterocycles. The third-order valence-electron chi connectivity index (χ3n) is 3.11. The quantitative estimate of drug-likeness (QED) is 0.666. The van der Waals surface area contributed by atoms with E-state index in [9.17, 15) is 4.79 Å². The molecule has 2 heterocycles. The Bertz CT molecular complexity index is 684. The Morgan fingerprint density at radius 3 is 2.70 bits per heavy atom. The number of hydrogen-bond donors (Lipinski definition) is 0. The van der Waals surface area contributed by atoms with E-state index in [1.165, 1.54) is 0 Å². The molecule has 0 saturated heterocycles. The lowest BCUT2D eigenvalue weighted by atomic mass is 10.1. The van der Waals surface area contributed by atoms with Gasteiger partial charge >= 0.3 is 0 Å². The molecule has 2 aromatic heterocycles. The SMILES string of the molecule is O=C(CCc1ccco1)c1ccnn1-c1ccccc1. The molecule has 3 aromatic rings. The summed E-state index contributed by atoms with van der Waals surface area (Å²) in [5, 5.41) is 4.22. The van der Waals surface area contributed by atoms with E-state index in [-0.39, 0.29) is 5.78 Å². The van der Waals surface area contributed by atoms with Crippen LogP contribution in [0, 0.1) is 0 Å². The highest BCUT2D eigenvalue weighted by molar-refractivity contribution is 5.95. The van der Waals surface area contributed by atoms with Crippen LogP contribution in [0.5, 0.6) is 0 Å². The summed E-state index contributed by atoms with van der Waals surface area (Å²) in [6.07, 6.45) is 4.28. The van der Waals surface area contributed by atoms with E-state index in [0.29, 0.717) is 18.5 Å². The van der Waals surface area contributed by atoms with Crippen molar-refractivity contribution in [1.82, 2.24) is 9.78 Å². The number of furan rings is 1. The molecule has 0 unspecified atom stereocenters. The lowest BCUT2D eigenvalue weighted by molar-refractivity contribution is 0.0973. The van der Waals surface area contributed by atoms with Crippen LogP contribution in [0.2, 0.25) is 0 Å². The summed E-state index contributed by atoms with van der Waals surface area (Å²) in [6, 6.07) is 15.1. The Kier molecular flexibility index (Phi) is 3.46. The van der Waals surface area contributed by atoms with Crippen LogP contribution >= 0.6 is 0 Å². The molecule has 0 saturated carbocycles. The molecule has 0 N–H and O–H groups in total. The lowest BCUT2D eigenvalue weighted by Gasteiger charge is -2.06. The molecule has 3 rings (SSSR count). The standard InChI is InChI=1S/C16H14N2O2/c19-16(9-8-14-7-4-12-20-14)15-10-11-17-18(15)13-5-2-1-3-6-13/h1-7,10-12H,8-9H2. The molecule has 0 aliphatic carbocycles. The van der Waals surface area contributed by atoms with Crippen LogP contribution in [0.25, 0.3) is 5.69 Å². The number of benzene rings is 1. The number of aromatic nitrogens is 2. The Labute approximate surface area is 116 Å². The van der Waals surface area contributed by atoms with Crippen LogP contribution in [0.1, 0.15) is 22.7 Å². The molecule has 0 spiro atoms. The highest BCUT2D eigenvalue weighted by Gasteiger charge is 2.13. The molecule has 0 bridgehead atoms. The highest BCUT2D eigenvalue weighted by Crippen LogP contribution is 2.13. The van der Waals surface area contributed by atoms with Crippen molar-refractivity contribution in [3.8, 4) is 5.69 Å².